The number of nitrogens with zero attached hydrogens (tertiary/aromatic N) is 6. The lowest BCUT2D eigenvalue weighted by atomic mass is 10.0. The SMILES string of the molecule is CC(C)n1cnnc1-c1cccc(N2Cc3ccc(-c4cnc(N)c(C(=O)O)c4)cc3C2=O)n1. The zero-order valence-electron chi connectivity index (χ0n) is 18.5. The van der Waals surface area contributed by atoms with Crippen LogP contribution in [0, 0.1) is 0 Å². The van der Waals surface area contributed by atoms with Crippen molar-refractivity contribution in [3.05, 3.63) is 71.7 Å². The standard InChI is InChI=1S/C24H21N7O3/c1-13(2)31-12-27-29-22(31)19-4-3-5-20(28-19)30-11-15-7-6-14(8-17(15)23(30)32)16-9-18(24(33)34)21(25)26-10-16/h3-10,12-13H,11H2,1-2H3,(H2,25,26)(H,33,34). The van der Waals surface area contributed by atoms with Gasteiger partial charge in [0.25, 0.3) is 5.91 Å². The summed E-state index contributed by atoms with van der Waals surface area (Å²) in [6.07, 6.45) is 3.16. The fourth-order valence-corrected chi connectivity index (χ4v) is 3.97. The van der Waals surface area contributed by atoms with Crippen LogP contribution in [0.15, 0.2) is 55.0 Å². The smallest absolute Gasteiger partial charge is 0.339 e. The molecule has 0 atom stereocenters. The van der Waals surface area contributed by atoms with Gasteiger partial charge >= 0.3 is 5.97 Å². The first-order valence-corrected chi connectivity index (χ1v) is 10.6. The first kappa shape index (κ1) is 21.3. The molecule has 1 aliphatic heterocycles. The van der Waals surface area contributed by atoms with Gasteiger partial charge in [0.05, 0.1) is 6.54 Å². The lowest BCUT2D eigenvalue weighted by Crippen LogP contribution is -2.24. The maximum absolute atomic E-state index is 13.3. The quantitative estimate of drug-likeness (QED) is 0.466. The summed E-state index contributed by atoms with van der Waals surface area (Å²) >= 11 is 0. The molecule has 0 saturated heterocycles. The number of hydrogen-bond donors (Lipinski definition) is 2. The molecule has 3 aromatic heterocycles. The van der Waals surface area contributed by atoms with Crippen LogP contribution in [0.5, 0.6) is 0 Å². The fraction of sp³-hybridized carbons (Fsp3) is 0.167. The molecule has 1 amide bonds. The Hall–Kier alpha value is -4.60. The minimum atomic E-state index is -1.16. The molecule has 3 N–H and O–H groups in total. The van der Waals surface area contributed by atoms with E-state index in [-0.39, 0.29) is 23.3 Å². The highest BCUT2D eigenvalue weighted by Gasteiger charge is 2.30. The van der Waals surface area contributed by atoms with E-state index in [2.05, 4.69) is 20.2 Å². The zero-order valence-corrected chi connectivity index (χ0v) is 18.5. The number of carboxylic acids is 1. The number of nitrogen functional groups attached to an aromatic ring is 1. The van der Waals surface area contributed by atoms with Crippen LogP contribution in [0.25, 0.3) is 22.6 Å². The van der Waals surface area contributed by atoms with Crippen molar-refractivity contribution in [2.24, 2.45) is 0 Å². The Kier molecular flexibility index (Phi) is 5.05. The van der Waals surface area contributed by atoms with Gasteiger partial charge in [0.2, 0.25) is 0 Å². The number of carbonyl (C=O) groups excluding carboxylic acids is 1. The van der Waals surface area contributed by atoms with Gasteiger partial charge in [0.15, 0.2) is 5.82 Å². The Morgan fingerprint density at radius 2 is 1.97 bits per heavy atom. The summed E-state index contributed by atoms with van der Waals surface area (Å²) in [6.45, 7) is 4.44. The summed E-state index contributed by atoms with van der Waals surface area (Å²) in [5.41, 5.74) is 8.84. The molecule has 10 heteroatoms. The molecule has 5 rings (SSSR count). The van der Waals surface area contributed by atoms with E-state index in [0.29, 0.717) is 40.6 Å². The van der Waals surface area contributed by atoms with Gasteiger partial charge in [-0.15, -0.1) is 10.2 Å². The first-order chi connectivity index (χ1) is 16.3. The van der Waals surface area contributed by atoms with Crippen LogP contribution in [0.4, 0.5) is 11.6 Å². The zero-order chi connectivity index (χ0) is 24.0. The second-order valence-electron chi connectivity index (χ2n) is 8.26. The first-order valence-electron chi connectivity index (χ1n) is 10.6. The summed E-state index contributed by atoms with van der Waals surface area (Å²) in [7, 11) is 0. The second kappa shape index (κ2) is 8.07. The van der Waals surface area contributed by atoms with Gasteiger partial charge in [-0.2, -0.15) is 0 Å². The maximum atomic E-state index is 13.3. The Bertz CT molecular complexity index is 1440. The minimum Gasteiger partial charge on any atom is -0.478 e. The van der Waals surface area contributed by atoms with Crippen molar-refractivity contribution in [1.82, 2.24) is 24.7 Å². The highest BCUT2D eigenvalue weighted by molar-refractivity contribution is 6.10. The van der Waals surface area contributed by atoms with Crippen LogP contribution < -0.4 is 10.6 Å². The third-order valence-corrected chi connectivity index (χ3v) is 5.77. The Morgan fingerprint density at radius 3 is 2.74 bits per heavy atom. The van der Waals surface area contributed by atoms with Gasteiger partial charge in [-0.3, -0.25) is 9.69 Å². The van der Waals surface area contributed by atoms with Gasteiger partial charge in [0.1, 0.15) is 29.2 Å². The van der Waals surface area contributed by atoms with Crippen molar-refractivity contribution >= 4 is 23.5 Å². The Labute approximate surface area is 194 Å². The summed E-state index contributed by atoms with van der Waals surface area (Å²) in [5, 5.41) is 17.5. The van der Waals surface area contributed by atoms with Crippen LogP contribution in [0.1, 0.15) is 46.2 Å². The lowest BCUT2D eigenvalue weighted by Gasteiger charge is -2.16. The highest BCUT2D eigenvalue weighted by Crippen LogP contribution is 2.32. The molecular weight excluding hydrogens is 434 g/mol. The number of aromatic nitrogens is 5. The summed E-state index contributed by atoms with van der Waals surface area (Å²) < 4.78 is 1.92. The summed E-state index contributed by atoms with van der Waals surface area (Å²) in [6, 6.07) is 12.5. The maximum Gasteiger partial charge on any atom is 0.339 e. The molecule has 1 aliphatic rings. The number of benzene rings is 1. The van der Waals surface area contributed by atoms with E-state index < -0.39 is 5.97 Å². The fourth-order valence-electron chi connectivity index (χ4n) is 3.97. The highest BCUT2D eigenvalue weighted by atomic mass is 16.4. The van der Waals surface area contributed by atoms with Gasteiger partial charge in [-0.25, -0.2) is 14.8 Å². The molecule has 170 valence electrons. The number of amides is 1. The van der Waals surface area contributed by atoms with Crippen molar-refractivity contribution in [2.75, 3.05) is 10.6 Å². The van der Waals surface area contributed by atoms with Crippen LogP contribution >= 0.6 is 0 Å². The van der Waals surface area contributed by atoms with E-state index in [0.717, 1.165) is 5.56 Å². The van der Waals surface area contributed by atoms with Gasteiger partial charge < -0.3 is 15.4 Å². The van der Waals surface area contributed by atoms with E-state index in [4.69, 9.17) is 5.73 Å². The molecule has 0 unspecified atom stereocenters. The van der Waals surface area contributed by atoms with Crippen molar-refractivity contribution in [3.8, 4) is 22.6 Å². The largest absolute Gasteiger partial charge is 0.478 e. The number of carboxylic acid groups (broad SMARTS) is 1. The number of nitrogens with two attached hydrogens (primary N) is 1. The van der Waals surface area contributed by atoms with E-state index in [1.54, 1.807) is 23.4 Å². The van der Waals surface area contributed by atoms with E-state index >= 15 is 0 Å². The number of hydrogen-bond acceptors (Lipinski definition) is 7. The van der Waals surface area contributed by atoms with E-state index in [1.807, 2.05) is 42.7 Å². The number of pyridine rings is 2. The molecule has 0 saturated carbocycles. The third-order valence-electron chi connectivity index (χ3n) is 5.77. The molecule has 0 fully saturated rings. The monoisotopic (exact) mass is 455 g/mol. The number of fused-ring (bicyclic) bond motifs is 1. The number of carbonyl (C=O) groups is 2. The van der Waals surface area contributed by atoms with Crippen molar-refractivity contribution < 1.29 is 14.7 Å². The average molecular weight is 455 g/mol. The Balaban J connectivity index is 1.48. The van der Waals surface area contributed by atoms with Gasteiger partial charge in [-0.1, -0.05) is 18.2 Å². The minimum absolute atomic E-state index is 0.0566. The molecule has 0 aliphatic carbocycles. The predicted molar refractivity (Wildman–Crippen MR) is 125 cm³/mol. The van der Waals surface area contributed by atoms with Crippen molar-refractivity contribution in [1.29, 1.82) is 0 Å². The lowest BCUT2D eigenvalue weighted by molar-refractivity contribution is 0.0697. The van der Waals surface area contributed by atoms with Crippen LogP contribution in [-0.4, -0.2) is 41.7 Å². The normalized spacial score (nSPS) is 12.9. The average Bonchev–Trinajstić information content (AvgIpc) is 3.44. The number of anilines is 2. The molecule has 4 aromatic rings. The van der Waals surface area contributed by atoms with Crippen LogP contribution in [0.3, 0.4) is 0 Å². The van der Waals surface area contributed by atoms with Gasteiger partial charge in [-0.05, 0) is 49.2 Å². The summed E-state index contributed by atoms with van der Waals surface area (Å²) in [4.78, 5) is 35.0. The third kappa shape index (κ3) is 3.54. The molecule has 0 radical (unpaired) electrons. The van der Waals surface area contributed by atoms with Crippen molar-refractivity contribution in [3.63, 3.8) is 0 Å². The number of aromatic carboxylic acids is 1. The molecule has 34 heavy (non-hydrogen) atoms. The summed E-state index contributed by atoms with van der Waals surface area (Å²) in [5.74, 6) is -0.253. The second-order valence-corrected chi connectivity index (χ2v) is 8.26. The molecule has 10 nitrogen and oxygen atoms in total. The van der Waals surface area contributed by atoms with E-state index in [1.165, 1.54) is 12.3 Å². The van der Waals surface area contributed by atoms with Crippen LogP contribution in [-0.2, 0) is 6.54 Å². The molecular formula is C24H21N7O3. The Morgan fingerprint density at radius 1 is 1.15 bits per heavy atom. The molecule has 1 aromatic carbocycles. The van der Waals surface area contributed by atoms with Crippen molar-refractivity contribution in [2.45, 2.75) is 26.4 Å². The number of rotatable bonds is 5. The molecule has 0 bridgehead atoms. The topological polar surface area (TPSA) is 140 Å². The van der Waals surface area contributed by atoms with Crippen LogP contribution in [0.2, 0.25) is 0 Å². The predicted octanol–water partition coefficient (Wildman–Crippen LogP) is 3.42. The van der Waals surface area contributed by atoms with Gasteiger partial charge in [0, 0.05) is 23.4 Å². The van der Waals surface area contributed by atoms with E-state index in [9.17, 15) is 14.7 Å². The molecule has 0 spiro atoms. The molecule has 4 heterocycles.